The molecule has 0 amide bonds. The van der Waals surface area contributed by atoms with Crippen molar-refractivity contribution in [2.45, 2.75) is 12.8 Å². The van der Waals surface area contributed by atoms with Crippen LogP contribution >= 0.6 is 11.6 Å². The summed E-state index contributed by atoms with van der Waals surface area (Å²) in [5.74, 6) is 1.00. The summed E-state index contributed by atoms with van der Waals surface area (Å²) in [6.07, 6.45) is 1.19. The number of fused-ring (bicyclic) bond motifs is 1. The van der Waals surface area contributed by atoms with E-state index in [-0.39, 0.29) is 5.84 Å². The first-order chi connectivity index (χ1) is 9.22. The van der Waals surface area contributed by atoms with Gasteiger partial charge in [0.25, 0.3) is 0 Å². The van der Waals surface area contributed by atoms with E-state index in [0.717, 1.165) is 16.5 Å². The predicted octanol–water partition coefficient (Wildman–Crippen LogP) is 3.40. The van der Waals surface area contributed by atoms with Crippen LogP contribution in [-0.2, 0) is 0 Å². The summed E-state index contributed by atoms with van der Waals surface area (Å²) in [6.45, 7) is 0.502. The fourth-order valence-electron chi connectivity index (χ4n) is 1.85. The van der Waals surface area contributed by atoms with Crippen molar-refractivity contribution >= 4 is 28.2 Å². The number of nitrogens with two attached hydrogens (primary N) is 1. The standard InChI is InChI=1S/C14H15ClN2O2/c15-12-7-8-13(11-5-2-1-4-10(11)12)19-9-3-6-14(16)17-18/h1-2,4-5,7-8,18H,3,6,9H2,(H2,16,17). The van der Waals surface area contributed by atoms with Gasteiger partial charge in [-0.25, -0.2) is 0 Å². The van der Waals surface area contributed by atoms with Crippen molar-refractivity contribution < 1.29 is 9.94 Å². The van der Waals surface area contributed by atoms with Crippen LogP contribution in [0.2, 0.25) is 5.02 Å². The van der Waals surface area contributed by atoms with Gasteiger partial charge in [0.1, 0.15) is 11.6 Å². The maximum atomic E-state index is 8.43. The van der Waals surface area contributed by atoms with Crippen LogP contribution in [0.5, 0.6) is 5.75 Å². The molecule has 2 aromatic rings. The average molecular weight is 279 g/mol. The molecule has 0 spiro atoms. The van der Waals surface area contributed by atoms with E-state index in [1.807, 2.05) is 36.4 Å². The molecule has 0 heterocycles. The Hall–Kier alpha value is -1.94. The molecule has 0 saturated heterocycles. The molecule has 0 radical (unpaired) electrons. The molecule has 0 unspecified atom stereocenters. The molecule has 0 aromatic heterocycles. The molecule has 0 fully saturated rings. The van der Waals surface area contributed by atoms with E-state index in [0.29, 0.717) is 24.5 Å². The Labute approximate surface area is 116 Å². The zero-order chi connectivity index (χ0) is 13.7. The Morgan fingerprint density at radius 3 is 2.68 bits per heavy atom. The lowest BCUT2D eigenvalue weighted by Gasteiger charge is -2.10. The lowest BCUT2D eigenvalue weighted by molar-refractivity contribution is 0.307. The Kier molecular flexibility index (Phi) is 4.47. The van der Waals surface area contributed by atoms with Gasteiger partial charge in [-0.05, 0) is 18.6 Å². The van der Waals surface area contributed by atoms with Crippen LogP contribution in [0, 0.1) is 0 Å². The van der Waals surface area contributed by atoms with Crippen LogP contribution in [0.25, 0.3) is 10.8 Å². The van der Waals surface area contributed by atoms with Gasteiger partial charge in [-0.2, -0.15) is 0 Å². The third kappa shape index (κ3) is 3.29. The Morgan fingerprint density at radius 1 is 1.21 bits per heavy atom. The molecule has 0 atom stereocenters. The highest BCUT2D eigenvalue weighted by Gasteiger charge is 2.05. The molecule has 0 saturated carbocycles. The summed E-state index contributed by atoms with van der Waals surface area (Å²) >= 11 is 6.14. The van der Waals surface area contributed by atoms with E-state index < -0.39 is 0 Å². The molecule has 5 heteroatoms. The Morgan fingerprint density at radius 2 is 1.95 bits per heavy atom. The Balaban J connectivity index is 2.07. The summed E-state index contributed by atoms with van der Waals surface area (Å²) in [6, 6.07) is 11.5. The number of hydrogen-bond acceptors (Lipinski definition) is 3. The Bertz CT molecular complexity index is 599. The highest BCUT2D eigenvalue weighted by atomic mass is 35.5. The number of ether oxygens (including phenoxy) is 1. The predicted molar refractivity (Wildman–Crippen MR) is 77.1 cm³/mol. The quantitative estimate of drug-likeness (QED) is 0.290. The first-order valence-corrected chi connectivity index (χ1v) is 6.36. The third-order valence-electron chi connectivity index (χ3n) is 2.79. The molecule has 0 aliphatic carbocycles. The van der Waals surface area contributed by atoms with Crippen molar-refractivity contribution in [3.05, 3.63) is 41.4 Å². The summed E-state index contributed by atoms with van der Waals surface area (Å²) < 4.78 is 5.72. The normalized spacial score (nSPS) is 11.7. The van der Waals surface area contributed by atoms with Crippen LogP contribution in [0.4, 0.5) is 0 Å². The van der Waals surface area contributed by atoms with Crippen molar-refractivity contribution in [1.82, 2.24) is 0 Å². The van der Waals surface area contributed by atoms with Gasteiger partial charge in [0, 0.05) is 22.2 Å². The lowest BCUT2D eigenvalue weighted by atomic mass is 10.1. The molecule has 100 valence electrons. The molecule has 3 N–H and O–H groups in total. The smallest absolute Gasteiger partial charge is 0.139 e. The van der Waals surface area contributed by atoms with E-state index in [9.17, 15) is 0 Å². The molecule has 0 bridgehead atoms. The second kappa shape index (κ2) is 6.29. The first kappa shape index (κ1) is 13.5. The first-order valence-electron chi connectivity index (χ1n) is 5.99. The number of amidine groups is 1. The highest BCUT2D eigenvalue weighted by Crippen LogP contribution is 2.31. The molecule has 0 aliphatic rings. The minimum atomic E-state index is 0.213. The van der Waals surface area contributed by atoms with Gasteiger partial charge in [-0.1, -0.05) is 41.0 Å². The number of halogens is 1. The third-order valence-corrected chi connectivity index (χ3v) is 3.12. The summed E-state index contributed by atoms with van der Waals surface area (Å²) in [5.41, 5.74) is 5.39. The van der Waals surface area contributed by atoms with Gasteiger partial charge in [-0.15, -0.1) is 0 Å². The molecule has 2 rings (SSSR count). The van der Waals surface area contributed by atoms with E-state index >= 15 is 0 Å². The largest absolute Gasteiger partial charge is 0.493 e. The summed E-state index contributed by atoms with van der Waals surface area (Å²) in [4.78, 5) is 0. The van der Waals surface area contributed by atoms with Gasteiger partial charge in [0.05, 0.1) is 6.61 Å². The number of oxime groups is 1. The highest BCUT2D eigenvalue weighted by molar-refractivity contribution is 6.35. The second-order valence-corrected chi connectivity index (χ2v) is 4.54. The zero-order valence-electron chi connectivity index (χ0n) is 10.3. The minimum absolute atomic E-state index is 0.213. The fraction of sp³-hybridized carbons (Fsp3) is 0.214. The lowest BCUT2D eigenvalue weighted by Crippen LogP contribution is -2.12. The van der Waals surface area contributed by atoms with Gasteiger partial charge in [-0.3, -0.25) is 0 Å². The number of nitrogens with zero attached hydrogens (tertiary/aromatic N) is 1. The van der Waals surface area contributed by atoms with Crippen LogP contribution in [0.3, 0.4) is 0 Å². The number of rotatable bonds is 5. The SMILES string of the molecule is N/C(CCCOc1ccc(Cl)c2ccccc12)=N\O. The van der Waals surface area contributed by atoms with Gasteiger partial charge >= 0.3 is 0 Å². The maximum Gasteiger partial charge on any atom is 0.139 e. The van der Waals surface area contributed by atoms with Crippen molar-refractivity contribution in [2.24, 2.45) is 10.9 Å². The van der Waals surface area contributed by atoms with Crippen molar-refractivity contribution in [3.63, 3.8) is 0 Å². The maximum absolute atomic E-state index is 8.43. The van der Waals surface area contributed by atoms with Crippen LogP contribution in [-0.4, -0.2) is 17.6 Å². The van der Waals surface area contributed by atoms with E-state index in [1.54, 1.807) is 0 Å². The van der Waals surface area contributed by atoms with Crippen LogP contribution in [0.1, 0.15) is 12.8 Å². The van der Waals surface area contributed by atoms with E-state index in [1.165, 1.54) is 0 Å². The molecule has 19 heavy (non-hydrogen) atoms. The fourth-order valence-corrected chi connectivity index (χ4v) is 2.07. The number of hydrogen-bond donors (Lipinski definition) is 2. The van der Waals surface area contributed by atoms with Crippen molar-refractivity contribution in [3.8, 4) is 5.75 Å². The summed E-state index contributed by atoms with van der Waals surface area (Å²) in [7, 11) is 0. The van der Waals surface area contributed by atoms with Gasteiger partial charge in [0.15, 0.2) is 0 Å². The van der Waals surface area contributed by atoms with Crippen molar-refractivity contribution in [1.29, 1.82) is 0 Å². The van der Waals surface area contributed by atoms with Crippen LogP contribution < -0.4 is 10.5 Å². The summed E-state index contributed by atoms with van der Waals surface area (Å²) in [5, 5.41) is 14.0. The minimum Gasteiger partial charge on any atom is -0.493 e. The second-order valence-electron chi connectivity index (χ2n) is 4.13. The molecule has 2 aromatic carbocycles. The molecule has 0 aliphatic heterocycles. The zero-order valence-corrected chi connectivity index (χ0v) is 11.1. The van der Waals surface area contributed by atoms with E-state index in [4.69, 9.17) is 27.3 Å². The van der Waals surface area contributed by atoms with E-state index in [2.05, 4.69) is 5.16 Å². The molecule has 4 nitrogen and oxygen atoms in total. The molecular formula is C14H15ClN2O2. The number of benzene rings is 2. The van der Waals surface area contributed by atoms with Gasteiger partial charge in [0.2, 0.25) is 0 Å². The monoisotopic (exact) mass is 278 g/mol. The van der Waals surface area contributed by atoms with Crippen LogP contribution in [0.15, 0.2) is 41.6 Å². The molecular weight excluding hydrogens is 264 g/mol. The van der Waals surface area contributed by atoms with Crippen molar-refractivity contribution in [2.75, 3.05) is 6.61 Å². The topological polar surface area (TPSA) is 67.8 Å². The van der Waals surface area contributed by atoms with Gasteiger partial charge < -0.3 is 15.7 Å². The average Bonchev–Trinajstić information content (AvgIpc) is 2.45.